The molecule has 2 aliphatic rings. The first-order valence-electron chi connectivity index (χ1n) is 10.9. The van der Waals surface area contributed by atoms with E-state index < -0.39 is 5.92 Å². The highest BCUT2D eigenvalue weighted by atomic mass is 79.9. The lowest BCUT2D eigenvalue weighted by Gasteiger charge is -2.37. The van der Waals surface area contributed by atoms with Gasteiger partial charge < -0.3 is 15.2 Å². The Balaban J connectivity index is 1.79. The quantitative estimate of drug-likeness (QED) is 0.541. The Morgan fingerprint density at radius 3 is 2.64 bits per heavy atom. The minimum atomic E-state index is -0.537. The lowest BCUT2D eigenvalue weighted by Crippen LogP contribution is -2.33. The van der Waals surface area contributed by atoms with E-state index in [2.05, 4.69) is 28.1 Å². The van der Waals surface area contributed by atoms with Crippen LogP contribution in [0.15, 0.2) is 63.7 Å². The van der Waals surface area contributed by atoms with Gasteiger partial charge in [-0.05, 0) is 69.6 Å². The number of halogens is 1. The summed E-state index contributed by atoms with van der Waals surface area (Å²) in [6.07, 6.45) is 1.01. The number of nitrogens with zero attached hydrogens (tertiary/aromatic N) is 1. The number of ketones is 1. The summed E-state index contributed by atoms with van der Waals surface area (Å²) in [7, 11) is 0. The third-order valence-corrected chi connectivity index (χ3v) is 6.99. The second kappa shape index (κ2) is 8.72. The SMILES string of the molecule is Cc1cc(C)c([C@H]2C(C#N)=C(N)OC3=C2C(=O)CC(C)(C)C3)cc1COc1ccccc1Br. The molecule has 5 nitrogen and oxygen atoms in total. The standard InChI is InChI=1S/C27H27BrN2O3/c1-15-9-16(2)18(10-17(15)14-32-22-8-6-5-7-20(22)28)24-19(13-29)26(30)33-23-12-27(3,4)11-21(31)25(23)24/h5-10,24H,11-12,14,30H2,1-4H3/t24-/m0/s1. The number of Topliss-reactive ketones (excluding diaryl/α,β-unsaturated/α-hetero) is 1. The molecule has 0 saturated heterocycles. The molecule has 0 aromatic heterocycles. The normalized spacial score (nSPS) is 19.6. The number of allylic oxidation sites excluding steroid dienone is 3. The zero-order valence-electron chi connectivity index (χ0n) is 19.3. The Bertz CT molecular complexity index is 1250. The van der Waals surface area contributed by atoms with Crippen LogP contribution in [0.5, 0.6) is 5.75 Å². The second-order valence-corrected chi connectivity index (χ2v) is 10.4. The summed E-state index contributed by atoms with van der Waals surface area (Å²) in [4.78, 5) is 13.3. The third kappa shape index (κ3) is 4.43. The molecule has 0 amide bonds. The van der Waals surface area contributed by atoms with Crippen LogP contribution < -0.4 is 10.5 Å². The Labute approximate surface area is 203 Å². The van der Waals surface area contributed by atoms with Gasteiger partial charge >= 0.3 is 0 Å². The number of para-hydroxylation sites is 1. The van der Waals surface area contributed by atoms with Crippen LogP contribution in [0.2, 0.25) is 0 Å². The largest absolute Gasteiger partial charge is 0.488 e. The smallest absolute Gasteiger partial charge is 0.205 e. The first-order chi connectivity index (χ1) is 15.6. The molecule has 0 unspecified atom stereocenters. The molecule has 0 bridgehead atoms. The van der Waals surface area contributed by atoms with E-state index in [9.17, 15) is 10.1 Å². The number of nitrogens with two attached hydrogens (primary N) is 1. The molecule has 1 heterocycles. The van der Waals surface area contributed by atoms with E-state index in [0.717, 1.165) is 32.5 Å². The maximum atomic E-state index is 13.3. The summed E-state index contributed by atoms with van der Waals surface area (Å²) in [5.74, 6) is 0.894. The van der Waals surface area contributed by atoms with E-state index in [0.29, 0.717) is 30.8 Å². The monoisotopic (exact) mass is 506 g/mol. The maximum absolute atomic E-state index is 13.3. The van der Waals surface area contributed by atoms with Gasteiger partial charge in [-0.1, -0.05) is 38.1 Å². The van der Waals surface area contributed by atoms with Gasteiger partial charge in [0.2, 0.25) is 5.88 Å². The lowest BCUT2D eigenvalue weighted by molar-refractivity contribution is -0.119. The summed E-state index contributed by atoms with van der Waals surface area (Å²) in [5.41, 5.74) is 10.8. The average Bonchev–Trinajstić information content (AvgIpc) is 2.72. The maximum Gasteiger partial charge on any atom is 0.205 e. The van der Waals surface area contributed by atoms with E-state index in [1.165, 1.54) is 0 Å². The molecular formula is C27H27BrN2O3. The highest BCUT2D eigenvalue weighted by Crippen LogP contribution is 2.48. The Hall–Kier alpha value is -3.04. The van der Waals surface area contributed by atoms with Crippen LogP contribution in [-0.2, 0) is 16.1 Å². The van der Waals surface area contributed by atoms with Gasteiger partial charge in [-0.2, -0.15) is 5.26 Å². The third-order valence-electron chi connectivity index (χ3n) is 6.33. The van der Waals surface area contributed by atoms with Gasteiger partial charge in [-0.15, -0.1) is 0 Å². The second-order valence-electron chi connectivity index (χ2n) is 9.56. The number of nitriles is 1. The zero-order chi connectivity index (χ0) is 23.9. The molecule has 2 N–H and O–H groups in total. The van der Waals surface area contributed by atoms with Crippen molar-refractivity contribution in [3.05, 3.63) is 85.9 Å². The van der Waals surface area contributed by atoms with E-state index in [-0.39, 0.29) is 22.7 Å². The van der Waals surface area contributed by atoms with Gasteiger partial charge in [-0.25, -0.2) is 0 Å². The summed E-state index contributed by atoms with van der Waals surface area (Å²) >= 11 is 3.52. The predicted molar refractivity (Wildman–Crippen MR) is 130 cm³/mol. The van der Waals surface area contributed by atoms with Crippen LogP contribution in [0.1, 0.15) is 54.9 Å². The van der Waals surface area contributed by atoms with Crippen LogP contribution in [0, 0.1) is 30.6 Å². The molecule has 0 saturated carbocycles. The van der Waals surface area contributed by atoms with Gasteiger partial charge in [0.05, 0.1) is 10.4 Å². The summed E-state index contributed by atoms with van der Waals surface area (Å²) < 4.78 is 12.8. The van der Waals surface area contributed by atoms with Gasteiger partial charge in [0.25, 0.3) is 0 Å². The van der Waals surface area contributed by atoms with Crippen molar-refractivity contribution in [2.45, 2.75) is 53.1 Å². The molecule has 2 aromatic rings. The topological polar surface area (TPSA) is 85.3 Å². The fraction of sp³-hybridized carbons (Fsp3) is 0.333. The fourth-order valence-corrected chi connectivity index (χ4v) is 5.09. The number of carbonyl (C=O) groups is 1. The van der Waals surface area contributed by atoms with Crippen molar-refractivity contribution in [2.24, 2.45) is 11.1 Å². The van der Waals surface area contributed by atoms with Crippen LogP contribution in [0.25, 0.3) is 0 Å². The van der Waals surface area contributed by atoms with Crippen LogP contribution >= 0.6 is 15.9 Å². The number of ether oxygens (including phenoxy) is 2. The van der Waals surface area contributed by atoms with Gasteiger partial charge in [0, 0.05) is 18.4 Å². The molecule has 0 spiro atoms. The first-order valence-corrected chi connectivity index (χ1v) is 11.7. The molecule has 6 heteroatoms. The van der Waals surface area contributed by atoms with Gasteiger partial charge in [0.1, 0.15) is 29.8 Å². The number of hydrogen-bond donors (Lipinski definition) is 1. The highest BCUT2D eigenvalue weighted by Gasteiger charge is 2.43. The Kier molecular flexibility index (Phi) is 6.11. The molecule has 1 aliphatic carbocycles. The summed E-state index contributed by atoms with van der Waals surface area (Å²) in [6, 6.07) is 14.0. The first kappa shape index (κ1) is 23.1. The van der Waals surface area contributed by atoms with Crippen LogP contribution in [0.4, 0.5) is 0 Å². The van der Waals surface area contributed by atoms with Crippen LogP contribution in [-0.4, -0.2) is 5.78 Å². The number of hydrogen-bond acceptors (Lipinski definition) is 5. The number of carbonyl (C=O) groups excluding carboxylic acids is 1. The van der Waals surface area contributed by atoms with E-state index in [1.54, 1.807) is 0 Å². The Morgan fingerprint density at radius 1 is 1.21 bits per heavy atom. The molecule has 2 aromatic carbocycles. The fourth-order valence-electron chi connectivity index (χ4n) is 4.70. The Morgan fingerprint density at radius 2 is 1.94 bits per heavy atom. The van der Waals surface area contributed by atoms with E-state index >= 15 is 0 Å². The van der Waals surface area contributed by atoms with E-state index in [1.807, 2.05) is 58.0 Å². The zero-order valence-corrected chi connectivity index (χ0v) is 20.9. The minimum absolute atomic E-state index is 0.0116. The molecule has 33 heavy (non-hydrogen) atoms. The molecule has 0 fully saturated rings. The number of benzene rings is 2. The average molecular weight is 507 g/mol. The molecular weight excluding hydrogens is 480 g/mol. The summed E-state index contributed by atoms with van der Waals surface area (Å²) in [5, 5.41) is 9.94. The predicted octanol–water partition coefficient (Wildman–Crippen LogP) is 6.10. The van der Waals surface area contributed by atoms with Crippen molar-refractivity contribution in [3.63, 3.8) is 0 Å². The van der Waals surface area contributed by atoms with Crippen molar-refractivity contribution in [1.82, 2.24) is 0 Å². The summed E-state index contributed by atoms with van der Waals surface area (Å²) in [6.45, 7) is 8.48. The molecule has 1 aliphatic heterocycles. The van der Waals surface area contributed by atoms with E-state index in [4.69, 9.17) is 15.2 Å². The van der Waals surface area contributed by atoms with Crippen molar-refractivity contribution in [1.29, 1.82) is 5.26 Å². The van der Waals surface area contributed by atoms with Crippen LogP contribution in [0.3, 0.4) is 0 Å². The van der Waals surface area contributed by atoms with Crippen molar-refractivity contribution < 1.29 is 14.3 Å². The molecule has 170 valence electrons. The molecule has 1 atom stereocenters. The number of rotatable bonds is 4. The minimum Gasteiger partial charge on any atom is -0.488 e. The van der Waals surface area contributed by atoms with Gasteiger partial charge in [0.15, 0.2) is 5.78 Å². The van der Waals surface area contributed by atoms with Gasteiger partial charge in [-0.3, -0.25) is 4.79 Å². The number of aryl methyl sites for hydroxylation is 2. The van der Waals surface area contributed by atoms with Crippen molar-refractivity contribution in [2.75, 3.05) is 0 Å². The van der Waals surface area contributed by atoms with Crippen molar-refractivity contribution in [3.8, 4) is 11.8 Å². The highest BCUT2D eigenvalue weighted by molar-refractivity contribution is 9.10. The van der Waals surface area contributed by atoms with Crippen molar-refractivity contribution >= 4 is 21.7 Å². The molecule has 4 rings (SSSR count). The molecule has 0 radical (unpaired) electrons. The lowest BCUT2D eigenvalue weighted by atomic mass is 9.69.